The summed E-state index contributed by atoms with van der Waals surface area (Å²) in [5.74, 6) is -0.260. The lowest BCUT2D eigenvalue weighted by Crippen LogP contribution is -2.44. The van der Waals surface area contributed by atoms with E-state index in [-0.39, 0.29) is 24.1 Å². The highest BCUT2D eigenvalue weighted by molar-refractivity contribution is 7.00. The normalized spacial score (nSPS) is 18.5. The van der Waals surface area contributed by atoms with Crippen LogP contribution in [-0.4, -0.2) is 48.7 Å². The van der Waals surface area contributed by atoms with Crippen molar-refractivity contribution in [3.8, 4) is 11.3 Å². The fourth-order valence-corrected chi connectivity index (χ4v) is 3.95. The third kappa shape index (κ3) is 3.46. The number of fused-ring (bicyclic) bond motifs is 1. The van der Waals surface area contributed by atoms with Crippen LogP contribution in [0.3, 0.4) is 0 Å². The molecule has 1 aliphatic heterocycles. The van der Waals surface area contributed by atoms with Crippen LogP contribution in [0.1, 0.15) is 16.4 Å². The largest absolute Gasteiger partial charge is 0.377 e. The summed E-state index contributed by atoms with van der Waals surface area (Å²) < 4.78 is 15.3. The molecule has 0 saturated carbocycles. The Labute approximate surface area is 174 Å². The van der Waals surface area contributed by atoms with Gasteiger partial charge in [0.05, 0.1) is 36.7 Å². The van der Waals surface area contributed by atoms with Crippen LogP contribution in [-0.2, 0) is 4.74 Å². The number of rotatable bonds is 4. The minimum absolute atomic E-state index is 0.252. The molecule has 0 radical (unpaired) electrons. The van der Waals surface area contributed by atoms with Crippen LogP contribution in [0.5, 0.6) is 0 Å². The molecule has 3 aromatic heterocycles. The number of benzene rings is 1. The van der Waals surface area contributed by atoms with Crippen molar-refractivity contribution >= 4 is 28.7 Å². The van der Waals surface area contributed by atoms with Gasteiger partial charge >= 0.3 is 0 Å². The van der Waals surface area contributed by atoms with Gasteiger partial charge in [0.15, 0.2) is 0 Å². The second-order valence-corrected chi connectivity index (χ2v) is 7.42. The predicted octanol–water partition coefficient (Wildman–Crippen LogP) is 1.68. The Balaban J connectivity index is 1.41. The number of carbonyl (C=O) groups is 1. The van der Waals surface area contributed by atoms with Gasteiger partial charge in [0.1, 0.15) is 17.1 Å². The zero-order chi connectivity index (χ0) is 20.5. The lowest BCUT2D eigenvalue weighted by Gasteiger charge is -2.20. The number of nitrogens with one attached hydrogen (secondary N) is 1. The van der Waals surface area contributed by atoms with Crippen molar-refractivity contribution in [1.29, 1.82) is 0 Å². The van der Waals surface area contributed by atoms with Gasteiger partial charge in [-0.2, -0.15) is 13.8 Å². The minimum atomic E-state index is -0.409. The molecule has 1 N–H and O–H groups in total. The molecule has 5 rings (SSSR count). The van der Waals surface area contributed by atoms with Crippen molar-refractivity contribution in [2.24, 2.45) is 0 Å². The number of hydrogen-bond donors (Lipinski definition) is 1. The molecule has 9 nitrogen and oxygen atoms in total. The van der Waals surface area contributed by atoms with E-state index >= 15 is 0 Å². The van der Waals surface area contributed by atoms with Crippen molar-refractivity contribution < 1.29 is 9.53 Å². The third-order valence-corrected chi connectivity index (χ3v) is 5.55. The van der Waals surface area contributed by atoms with Crippen molar-refractivity contribution in [2.75, 3.05) is 13.2 Å². The van der Waals surface area contributed by atoms with Crippen LogP contribution in [0.25, 0.3) is 22.3 Å². The van der Waals surface area contributed by atoms with Gasteiger partial charge in [-0.15, -0.1) is 0 Å². The first-order chi connectivity index (χ1) is 14.7. The van der Waals surface area contributed by atoms with E-state index in [0.29, 0.717) is 23.4 Å². The highest BCUT2D eigenvalue weighted by Gasteiger charge is 2.33. The first kappa shape index (κ1) is 18.5. The van der Waals surface area contributed by atoms with E-state index in [1.807, 2.05) is 12.1 Å². The fourth-order valence-electron chi connectivity index (χ4n) is 3.44. The van der Waals surface area contributed by atoms with Crippen LogP contribution < -0.4 is 10.9 Å². The van der Waals surface area contributed by atoms with E-state index in [1.165, 1.54) is 10.7 Å². The standard InChI is InChI=1S/C20H16N6O3S/c27-19-4-3-14(12-5-7-21-8-6-12)23-26(19)18-11-29-10-17(18)22-20(28)13-1-2-15-16(9-13)25-30-24-15/h1-9,17-18H,10-11H2,(H,22,28). The summed E-state index contributed by atoms with van der Waals surface area (Å²) in [5, 5.41) is 7.49. The summed E-state index contributed by atoms with van der Waals surface area (Å²) >= 11 is 1.10. The summed E-state index contributed by atoms with van der Waals surface area (Å²) in [6.45, 7) is 0.581. The van der Waals surface area contributed by atoms with Gasteiger partial charge in [-0.1, -0.05) is 0 Å². The molecule has 1 aliphatic rings. The third-order valence-electron chi connectivity index (χ3n) is 5.00. The van der Waals surface area contributed by atoms with Crippen LogP contribution in [0.15, 0.2) is 59.7 Å². The smallest absolute Gasteiger partial charge is 0.267 e. The Morgan fingerprint density at radius 1 is 1.07 bits per heavy atom. The Morgan fingerprint density at radius 2 is 1.90 bits per heavy atom. The number of nitrogens with zero attached hydrogens (tertiary/aromatic N) is 5. The van der Waals surface area contributed by atoms with Crippen molar-refractivity contribution in [3.63, 3.8) is 0 Å². The molecule has 1 saturated heterocycles. The van der Waals surface area contributed by atoms with Crippen LogP contribution in [0.4, 0.5) is 0 Å². The summed E-state index contributed by atoms with van der Waals surface area (Å²) in [4.78, 5) is 29.3. The second-order valence-electron chi connectivity index (χ2n) is 6.89. The first-order valence-electron chi connectivity index (χ1n) is 9.30. The number of ether oxygens (including phenoxy) is 1. The Morgan fingerprint density at radius 3 is 2.77 bits per heavy atom. The van der Waals surface area contributed by atoms with Gasteiger partial charge in [0.2, 0.25) is 0 Å². The quantitative estimate of drug-likeness (QED) is 0.535. The summed E-state index contributed by atoms with van der Waals surface area (Å²) in [6, 6.07) is 11.2. The van der Waals surface area contributed by atoms with Crippen LogP contribution >= 0.6 is 11.7 Å². The van der Waals surface area contributed by atoms with E-state index in [2.05, 4.69) is 24.1 Å². The van der Waals surface area contributed by atoms with Crippen LogP contribution in [0, 0.1) is 0 Å². The molecule has 0 bridgehead atoms. The highest BCUT2D eigenvalue weighted by atomic mass is 32.1. The van der Waals surface area contributed by atoms with Crippen molar-refractivity contribution in [3.05, 3.63) is 70.8 Å². The predicted molar refractivity (Wildman–Crippen MR) is 110 cm³/mol. The highest BCUT2D eigenvalue weighted by Crippen LogP contribution is 2.21. The first-order valence-corrected chi connectivity index (χ1v) is 10.0. The molecule has 4 heterocycles. The molecule has 1 amide bonds. The summed E-state index contributed by atoms with van der Waals surface area (Å²) in [6.07, 6.45) is 3.34. The second kappa shape index (κ2) is 7.73. The fraction of sp³-hybridized carbons (Fsp3) is 0.200. The molecule has 1 aromatic carbocycles. The molecule has 0 aliphatic carbocycles. The zero-order valence-corrected chi connectivity index (χ0v) is 16.5. The SMILES string of the molecule is O=C(NC1COCC1n1nc(-c2ccncc2)ccc1=O)c1ccc2nsnc2c1. The lowest BCUT2D eigenvalue weighted by atomic mass is 10.1. The van der Waals surface area contributed by atoms with Gasteiger partial charge in [-0.05, 0) is 36.4 Å². The summed E-state index contributed by atoms with van der Waals surface area (Å²) in [7, 11) is 0. The van der Waals surface area contributed by atoms with Crippen LogP contribution in [0.2, 0.25) is 0 Å². The number of hydrogen-bond acceptors (Lipinski definition) is 8. The molecular weight excluding hydrogens is 404 g/mol. The van der Waals surface area contributed by atoms with Crippen molar-refractivity contribution in [1.82, 2.24) is 28.8 Å². The number of pyridine rings is 1. The maximum atomic E-state index is 12.8. The number of amides is 1. The molecule has 4 aromatic rings. The average Bonchev–Trinajstić information content (AvgIpc) is 3.43. The molecule has 150 valence electrons. The average molecular weight is 420 g/mol. The molecule has 2 unspecified atom stereocenters. The van der Waals surface area contributed by atoms with E-state index in [9.17, 15) is 9.59 Å². The topological polar surface area (TPSA) is 112 Å². The molecule has 10 heteroatoms. The monoisotopic (exact) mass is 420 g/mol. The van der Waals surface area contributed by atoms with Crippen molar-refractivity contribution in [2.45, 2.75) is 12.1 Å². The van der Waals surface area contributed by atoms with E-state index in [0.717, 1.165) is 22.8 Å². The minimum Gasteiger partial charge on any atom is -0.377 e. The Hall–Kier alpha value is -3.50. The molecule has 30 heavy (non-hydrogen) atoms. The Kier molecular flexibility index (Phi) is 4.77. The zero-order valence-electron chi connectivity index (χ0n) is 15.6. The van der Waals surface area contributed by atoms with E-state index < -0.39 is 6.04 Å². The molecular formula is C20H16N6O3S. The van der Waals surface area contributed by atoms with Gasteiger partial charge in [0.25, 0.3) is 11.5 Å². The maximum Gasteiger partial charge on any atom is 0.267 e. The van der Waals surface area contributed by atoms with Gasteiger partial charge < -0.3 is 10.1 Å². The number of aromatic nitrogens is 5. The van der Waals surface area contributed by atoms with E-state index in [4.69, 9.17) is 4.74 Å². The molecule has 2 atom stereocenters. The van der Waals surface area contributed by atoms with Gasteiger partial charge in [0, 0.05) is 29.6 Å². The maximum absolute atomic E-state index is 12.8. The number of carbonyl (C=O) groups excluding carboxylic acids is 1. The van der Waals surface area contributed by atoms with E-state index in [1.54, 1.807) is 36.7 Å². The molecule has 1 fully saturated rings. The van der Waals surface area contributed by atoms with Gasteiger partial charge in [-0.3, -0.25) is 14.6 Å². The summed E-state index contributed by atoms with van der Waals surface area (Å²) in [5.41, 5.74) is 3.15. The van der Waals surface area contributed by atoms with Gasteiger partial charge in [-0.25, -0.2) is 4.68 Å². The Bertz CT molecular complexity index is 1270. The molecule has 0 spiro atoms. The lowest BCUT2D eigenvalue weighted by molar-refractivity contribution is 0.0925.